The van der Waals surface area contributed by atoms with Crippen molar-refractivity contribution in [3.63, 3.8) is 0 Å². The monoisotopic (exact) mass is 315 g/mol. The van der Waals surface area contributed by atoms with Crippen molar-refractivity contribution in [3.8, 4) is 0 Å². The normalized spacial score (nSPS) is 25.9. The van der Waals surface area contributed by atoms with Crippen LogP contribution >= 0.6 is 27.7 Å². The van der Waals surface area contributed by atoms with Gasteiger partial charge in [-0.05, 0) is 46.7 Å². The van der Waals surface area contributed by atoms with Gasteiger partial charge in [0, 0.05) is 24.9 Å². The third-order valence-corrected chi connectivity index (χ3v) is 5.50. The highest BCUT2D eigenvalue weighted by Crippen LogP contribution is 2.35. The van der Waals surface area contributed by atoms with Gasteiger partial charge in [0.1, 0.15) is 10.4 Å². The highest BCUT2D eigenvalue weighted by atomic mass is 79.9. The zero-order chi connectivity index (χ0) is 11.8. The molecule has 1 atom stereocenters. The van der Waals surface area contributed by atoms with Crippen molar-refractivity contribution < 1.29 is 0 Å². The molecule has 0 aliphatic carbocycles. The van der Waals surface area contributed by atoms with E-state index in [1.54, 1.807) is 0 Å². The maximum Gasteiger partial charge on any atom is 0.127 e. The molecular formula is C12H18BrN3S. The molecule has 0 amide bonds. The topological polar surface area (TPSA) is 43.8 Å². The summed E-state index contributed by atoms with van der Waals surface area (Å²) in [4.78, 5) is 4.77. The van der Waals surface area contributed by atoms with E-state index < -0.39 is 0 Å². The van der Waals surface area contributed by atoms with Gasteiger partial charge < -0.3 is 10.3 Å². The maximum atomic E-state index is 6.04. The van der Waals surface area contributed by atoms with Crippen LogP contribution < -0.4 is 5.73 Å². The van der Waals surface area contributed by atoms with E-state index in [0.717, 1.165) is 24.0 Å². The van der Waals surface area contributed by atoms with Gasteiger partial charge in [-0.15, -0.1) is 0 Å². The third kappa shape index (κ3) is 2.29. The van der Waals surface area contributed by atoms with Crippen molar-refractivity contribution in [2.24, 2.45) is 5.73 Å². The quantitative estimate of drug-likeness (QED) is 0.866. The third-order valence-electron chi connectivity index (χ3n) is 3.82. The first-order valence-electron chi connectivity index (χ1n) is 6.34. The van der Waals surface area contributed by atoms with Crippen molar-refractivity contribution in [1.82, 2.24) is 9.55 Å². The van der Waals surface area contributed by atoms with Crippen molar-refractivity contribution in [2.45, 2.75) is 44.2 Å². The molecule has 0 spiro atoms. The molecule has 3 heterocycles. The number of hydrogen-bond acceptors (Lipinski definition) is 3. The molecule has 2 N–H and O–H groups in total. The lowest BCUT2D eigenvalue weighted by Gasteiger charge is -2.26. The lowest BCUT2D eigenvalue weighted by Crippen LogP contribution is -2.31. The Kier molecular flexibility index (Phi) is 3.50. The Morgan fingerprint density at radius 1 is 1.29 bits per heavy atom. The van der Waals surface area contributed by atoms with Gasteiger partial charge >= 0.3 is 0 Å². The summed E-state index contributed by atoms with van der Waals surface area (Å²) >= 11 is 5.67. The number of nitrogens with zero attached hydrogens (tertiary/aromatic N) is 2. The van der Waals surface area contributed by atoms with Gasteiger partial charge in [-0.2, -0.15) is 11.8 Å². The Bertz CT molecular complexity index is 412. The fourth-order valence-electron chi connectivity index (χ4n) is 2.83. The van der Waals surface area contributed by atoms with Gasteiger partial charge in [0.2, 0.25) is 0 Å². The second-order valence-electron chi connectivity index (χ2n) is 5.00. The number of hydrogen-bond donors (Lipinski definition) is 1. The van der Waals surface area contributed by atoms with Gasteiger partial charge in [-0.3, -0.25) is 0 Å². The number of rotatable bonds is 1. The lowest BCUT2D eigenvalue weighted by atomic mass is 10.0. The van der Waals surface area contributed by atoms with E-state index in [1.165, 1.54) is 35.9 Å². The van der Waals surface area contributed by atoms with E-state index in [4.69, 9.17) is 10.7 Å². The van der Waals surface area contributed by atoms with Crippen LogP contribution in [0.3, 0.4) is 0 Å². The largest absolute Gasteiger partial charge is 0.331 e. The Labute approximate surface area is 115 Å². The van der Waals surface area contributed by atoms with E-state index in [-0.39, 0.29) is 0 Å². The van der Waals surface area contributed by atoms with Crippen LogP contribution in [0.1, 0.15) is 36.7 Å². The number of fused-ring (bicyclic) bond motifs is 1. The van der Waals surface area contributed by atoms with Crippen LogP contribution in [-0.2, 0) is 13.0 Å². The minimum absolute atomic E-state index is 0.310. The molecule has 94 valence electrons. The average molecular weight is 316 g/mol. The number of nitrogens with two attached hydrogens (primary N) is 1. The second kappa shape index (κ2) is 4.94. The van der Waals surface area contributed by atoms with E-state index in [1.807, 2.05) is 0 Å². The van der Waals surface area contributed by atoms with E-state index in [0.29, 0.717) is 12.0 Å². The second-order valence-corrected chi connectivity index (χ2v) is 6.97. The SMILES string of the molecule is NC1CCn2c(C3CCSCC3)nc(Br)c2C1. The standard InChI is InChI=1S/C12H18BrN3S/c13-11-10-7-9(14)1-4-16(10)12(15-11)8-2-5-17-6-3-8/h8-9H,1-7,14H2. The molecule has 1 unspecified atom stereocenters. The summed E-state index contributed by atoms with van der Waals surface area (Å²) in [5.41, 5.74) is 7.36. The Morgan fingerprint density at radius 2 is 2.06 bits per heavy atom. The molecule has 1 aromatic heterocycles. The Balaban J connectivity index is 1.92. The molecule has 0 saturated carbocycles. The van der Waals surface area contributed by atoms with Crippen LogP contribution in [0.25, 0.3) is 0 Å². The first-order valence-corrected chi connectivity index (χ1v) is 8.28. The van der Waals surface area contributed by atoms with Crippen LogP contribution in [0.15, 0.2) is 4.60 Å². The molecule has 2 aliphatic heterocycles. The van der Waals surface area contributed by atoms with Crippen LogP contribution in [0, 0.1) is 0 Å². The summed E-state index contributed by atoms with van der Waals surface area (Å²) in [6, 6.07) is 0.310. The molecule has 1 aromatic rings. The summed E-state index contributed by atoms with van der Waals surface area (Å²) in [6.07, 6.45) is 4.61. The summed E-state index contributed by atoms with van der Waals surface area (Å²) in [5, 5.41) is 0. The zero-order valence-electron chi connectivity index (χ0n) is 9.86. The predicted molar refractivity (Wildman–Crippen MR) is 75.5 cm³/mol. The molecule has 3 rings (SSSR count). The maximum absolute atomic E-state index is 6.04. The van der Waals surface area contributed by atoms with Crippen molar-refractivity contribution in [2.75, 3.05) is 11.5 Å². The van der Waals surface area contributed by atoms with Crippen LogP contribution in [0.5, 0.6) is 0 Å². The van der Waals surface area contributed by atoms with E-state index >= 15 is 0 Å². The van der Waals surface area contributed by atoms with Gasteiger partial charge in [-0.25, -0.2) is 4.98 Å². The van der Waals surface area contributed by atoms with Gasteiger partial charge in [0.25, 0.3) is 0 Å². The highest BCUT2D eigenvalue weighted by Gasteiger charge is 2.27. The van der Waals surface area contributed by atoms with E-state index in [9.17, 15) is 0 Å². The fourth-order valence-corrected chi connectivity index (χ4v) is 4.50. The molecular weight excluding hydrogens is 298 g/mol. The molecule has 1 saturated heterocycles. The molecule has 3 nitrogen and oxygen atoms in total. The van der Waals surface area contributed by atoms with Crippen LogP contribution in [0.4, 0.5) is 0 Å². The van der Waals surface area contributed by atoms with Gasteiger partial charge in [0.05, 0.1) is 5.69 Å². The fraction of sp³-hybridized carbons (Fsp3) is 0.750. The van der Waals surface area contributed by atoms with Crippen molar-refractivity contribution >= 4 is 27.7 Å². The molecule has 0 aromatic carbocycles. The average Bonchev–Trinajstić information content (AvgIpc) is 2.68. The zero-order valence-corrected chi connectivity index (χ0v) is 12.3. The molecule has 2 aliphatic rings. The number of thioether (sulfide) groups is 1. The number of imidazole rings is 1. The van der Waals surface area contributed by atoms with Crippen LogP contribution in [-0.4, -0.2) is 27.1 Å². The molecule has 0 bridgehead atoms. The minimum Gasteiger partial charge on any atom is -0.331 e. The molecule has 5 heteroatoms. The van der Waals surface area contributed by atoms with Crippen LogP contribution in [0.2, 0.25) is 0 Å². The molecule has 1 fully saturated rings. The summed E-state index contributed by atoms with van der Waals surface area (Å²) in [6.45, 7) is 1.05. The molecule has 17 heavy (non-hydrogen) atoms. The van der Waals surface area contributed by atoms with Crippen molar-refractivity contribution in [3.05, 3.63) is 16.1 Å². The van der Waals surface area contributed by atoms with Crippen molar-refractivity contribution in [1.29, 1.82) is 0 Å². The Morgan fingerprint density at radius 3 is 2.82 bits per heavy atom. The predicted octanol–water partition coefficient (Wildman–Crippen LogP) is 2.53. The number of aromatic nitrogens is 2. The summed E-state index contributed by atoms with van der Waals surface area (Å²) in [7, 11) is 0. The Hall–Kier alpha value is -0.0000000000000000555. The minimum atomic E-state index is 0.310. The highest BCUT2D eigenvalue weighted by molar-refractivity contribution is 9.10. The lowest BCUT2D eigenvalue weighted by molar-refractivity contribution is 0.441. The molecule has 0 radical (unpaired) electrons. The van der Waals surface area contributed by atoms with Gasteiger partial charge in [-0.1, -0.05) is 0 Å². The number of halogens is 1. The van der Waals surface area contributed by atoms with Gasteiger partial charge in [0.15, 0.2) is 0 Å². The smallest absolute Gasteiger partial charge is 0.127 e. The summed E-state index contributed by atoms with van der Waals surface area (Å²) < 4.78 is 3.45. The summed E-state index contributed by atoms with van der Waals surface area (Å²) in [5.74, 6) is 4.53. The first-order chi connectivity index (χ1) is 8.25. The first kappa shape index (κ1) is 12.1. The van der Waals surface area contributed by atoms with E-state index in [2.05, 4.69) is 32.3 Å².